The van der Waals surface area contributed by atoms with E-state index in [4.69, 9.17) is 11.6 Å². The van der Waals surface area contributed by atoms with Gasteiger partial charge in [0.1, 0.15) is 11.3 Å². The number of nitrogens with zero attached hydrogens (tertiary/aromatic N) is 2. The number of hydrogen-bond acceptors (Lipinski definition) is 3. The molecule has 3 nitrogen and oxygen atoms in total. The highest BCUT2D eigenvalue weighted by molar-refractivity contribution is 6.35. The van der Waals surface area contributed by atoms with E-state index in [-0.39, 0.29) is 5.75 Å². The Morgan fingerprint density at radius 3 is 3.10 bits per heavy atom. The molecule has 1 saturated heterocycles. The van der Waals surface area contributed by atoms with Crippen LogP contribution in [0.3, 0.4) is 0 Å². The lowest BCUT2D eigenvalue weighted by Gasteiger charge is -2.33. The van der Waals surface area contributed by atoms with E-state index in [0.29, 0.717) is 16.6 Å². The van der Waals surface area contributed by atoms with Gasteiger partial charge in [0.25, 0.3) is 0 Å². The molecule has 1 fully saturated rings. The molecule has 1 aliphatic rings. The molecule has 0 radical (unpaired) electrons. The van der Waals surface area contributed by atoms with Crippen LogP contribution in [0.5, 0.6) is 5.75 Å². The summed E-state index contributed by atoms with van der Waals surface area (Å²) in [5.41, 5.74) is 1.47. The molecule has 1 aliphatic heterocycles. The molecule has 2 aromatic rings. The maximum absolute atomic E-state index is 10.4. The zero-order valence-corrected chi connectivity index (χ0v) is 12.4. The Morgan fingerprint density at radius 1 is 1.45 bits per heavy atom. The summed E-state index contributed by atoms with van der Waals surface area (Å²) in [4.78, 5) is 6.67. The molecule has 1 aromatic heterocycles. The molecule has 0 bridgehead atoms. The van der Waals surface area contributed by atoms with Crippen molar-refractivity contribution >= 4 is 22.5 Å². The second-order valence-corrected chi connectivity index (χ2v) is 5.99. The molecule has 1 N–H and O–H groups in total. The van der Waals surface area contributed by atoms with E-state index in [1.807, 2.05) is 18.2 Å². The minimum absolute atomic E-state index is 0.266. The molecule has 1 aromatic carbocycles. The van der Waals surface area contributed by atoms with E-state index in [2.05, 4.69) is 16.8 Å². The smallest absolute Gasteiger partial charge is 0.146 e. The average Bonchev–Trinajstić information content (AvgIpc) is 2.47. The number of phenols is 1. The number of piperidine rings is 1. The third kappa shape index (κ3) is 2.48. The summed E-state index contributed by atoms with van der Waals surface area (Å²) < 4.78 is 0. The molecular weight excluding hydrogens is 272 g/mol. The highest BCUT2D eigenvalue weighted by Crippen LogP contribution is 2.34. The van der Waals surface area contributed by atoms with Crippen molar-refractivity contribution in [3.63, 3.8) is 0 Å². The Labute approximate surface area is 124 Å². The number of aromatic nitrogens is 1. The Morgan fingerprint density at radius 2 is 2.30 bits per heavy atom. The Hall–Kier alpha value is -1.32. The van der Waals surface area contributed by atoms with Crippen LogP contribution >= 0.6 is 11.6 Å². The van der Waals surface area contributed by atoms with Crippen LogP contribution in [0.25, 0.3) is 10.9 Å². The van der Waals surface area contributed by atoms with Crippen molar-refractivity contribution in [2.24, 2.45) is 0 Å². The molecule has 4 heteroatoms. The van der Waals surface area contributed by atoms with Gasteiger partial charge in [-0.05, 0) is 44.5 Å². The van der Waals surface area contributed by atoms with Crippen molar-refractivity contribution in [2.75, 3.05) is 6.54 Å². The molecule has 0 aliphatic carbocycles. The van der Waals surface area contributed by atoms with E-state index in [1.165, 1.54) is 19.3 Å². The van der Waals surface area contributed by atoms with Gasteiger partial charge in [-0.1, -0.05) is 18.0 Å². The van der Waals surface area contributed by atoms with Gasteiger partial charge in [0, 0.05) is 29.7 Å². The van der Waals surface area contributed by atoms with Crippen molar-refractivity contribution in [3.05, 3.63) is 35.0 Å². The van der Waals surface area contributed by atoms with Gasteiger partial charge in [-0.25, -0.2) is 0 Å². The molecule has 1 unspecified atom stereocenters. The molecule has 1 atom stereocenters. The van der Waals surface area contributed by atoms with Gasteiger partial charge in [-0.3, -0.25) is 9.88 Å². The van der Waals surface area contributed by atoms with Crippen LogP contribution in [-0.4, -0.2) is 27.6 Å². The van der Waals surface area contributed by atoms with E-state index in [0.717, 1.165) is 24.0 Å². The Bertz CT molecular complexity index is 629. The van der Waals surface area contributed by atoms with Gasteiger partial charge in [0.2, 0.25) is 0 Å². The first-order valence-electron chi connectivity index (χ1n) is 7.16. The van der Waals surface area contributed by atoms with Crippen LogP contribution in [0, 0.1) is 0 Å². The standard InChI is InChI=1S/C16H19ClN2O/c1-11-5-2-3-8-19(11)10-12-9-14(17)13-6-4-7-18-15(13)16(12)20/h4,6-7,9,11,20H,2-3,5,8,10H2,1H3. The Balaban J connectivity index is 1.97. The number of benzene rings is 1. The first kappa shape index (κ1) is 13.7. The normalized spacial score (nSPS) is 20.4. The quantitative estimate of drug-likeness (QED) is 0.909. The summed E-state index contributed by atoms with van der Waals surface area (Å²) in [5, 5.41) is 11.9. The van der Waals surface area contributed by atoms with E-state index >= 15 is 0 Å². The topological polar surface area (TPSA) is 36.4 Å². The van der Waals surface area contributed by atoms with Gasteiger partial charge in [-0.15, -0.1) is 0 Å². The monoisotopic (exact) mass is 290 g/mol. The van der Waals surface area contributed by atoms with E-state index in [1.54, 1.807) is 6.20 Å². The van der Waals surface area contributed by atoms with Crippen LogP contribution in [0.2, 0.25) is 5.02 Å². The molecule has 0 saturated carbocycles. The number of rotatable bonds is 2. The van der Waals surface area contributed by atoms with Crippen molar-refractivity contribution in [1.82, 2.24) is 9.88 Å². The second-order valence-electron chi connectivity index (χ2n) is 5.58. The average molecular weight is 291 g/mol. The number of halogens is 1. The van der Waals surface area contributed by atoms with Crippen LogP contribution in [0.1, 0.15) is 31.7 Å². The lowest BCUT2D eigenvalue weighted by atomic mass is 10.0. The van der Waals surface area contributed by atoms with Crippen LogP contribution in [-0.2, 0) is 6.54 Å². The van der Waals surface area contributed by atoms with E-state index < -0.39 is 0 Å². The first-order chi connectivity index (χ1) is 9.66. The summed E-state index contributed by atoms with van der Waals surface area (Å²) in [6.07, 6.45) is 5.43. The van der Waals surface area contributed by atoms with Gasteiger partial charge < -0.3 is 5.11 Å². The predicted octanol–water partition coefficient (Wildman–Crippen LogP) is 3.97. The summed E-state index contributed by atoms with van der Waals surface area (Å²) in [5.74, 6) is 0.266. The third-order valence-corrected chi connectivity index (χ3v) is 4.52. The highest BCUT2D eigenvalue weighted by Gasteiger charge is 2.20. The first-order valence-corrected chi connectivity index (χ1v) is 7.53. The predicted molar refractivity (Wildman–Crippen MR) is 82.1 cm³/mol. The van der Waals surface area contributed by atoms with Crippen LogP contribution in [0.4, 0.5) is 0 Å². The maximum atomic E-state index is 10.4. The second kappa shape index (κ2) is 5.58. The van der Waals surface area contributed by atoms with Gasteiger partial charge in [-0.2, -0.15) is 0 Å². The summed E-state index contributed by atoms with van der Waals surface area (Å²) >= 11 is 6.32. The minimum Gasteiger partial charge on any atom is -0.505 e. The number of phenolic OH excluding ortho intramolecular Hbond substituents is 1. The Kier molecular flexibility index (Phi) is 3.81. The van der Waals surface area contributed by atoms with Crippen molar-refractivity contribution < 1.29 is 5.11 Å². The number of hydrogen-bond donors (Lipinski definition) is 1. The third-order valence-electron chi connectivity index (χ3n) is 4.21. The molecule has 0 amide bonds. The number of pyridine rings is 1. The molecule has 106 valence electrons. The molecule has 0 spiro atoms. The SMILES string of the molecule is CC1CCCCN1Cc1cc(Cl)c2cccnc2c1O. The molecule has 2 heterocycles. The fourth-order valence-electron chi connectivity index (χ4n) is 2.97. The van der Waals surface area contributed by atoms with Crippen molar-refractivity contribution in [1.29, 1.82) is 0 Å². The van der Waals surface area contributed by atoms with Crippen molar-refractivity contribution in [3.8, 4) is 5.75 Å². The van der Waals surface area contributed by atoms with Gasteiger partial charge in [0.05, 0.1) is 5.02 Å². The fourth-order valence-corrected chi connectivity index (χ4v) is 3.25. The summed E-state index contributed by atoms with van der Waals surface area (Å²) in [7, 11) is 0. The van der Waals surface area contributed by atoms with Crippen LogP contribution < -0.4 is 0 Å². The molecule has 3 rings (SSSR count). The zero-order valence-electron chi connectivity index (χ0n) is 11.6. The zero-order chi connectivity index (χ0) is 14.1. The summed E-state index contributed by atoms with van der Waals surface area (Å²) in [6, 6.07) is 6.15. The summed E-state index contributed by atoms with van der Waals surface area (Å²) in [6.45, 7) is 4.06. The van der Waals surface area contributed by atoms with E-state index in [9.17, 15) is 5.11 Å². The van der Waals surface area contributed by atoms with Gasteiger partial charge >= 0.3 is 0 Å². The number of fused-ring (bicyclic) bond motifs is 1. The highest BCUT2D eigenvalue weighted by atomic mass is 35.5. The number of aromatic hydroxyl groups is 1. The largest absolute Gasteiger partial charge is 0.505 e. The maximum Gasteiger partial charge on any atom is 0.146 e. The van der Waals surface area contributed by atoms with Crippen molar-refractivity contribution in [2.45, 2.75) is 38.8 Å². The minimum atomic E-state index is 0.266. The lowest BCUT2D eigenvalue weighted by molar-refractivity contribution is 0.151. The molecule has 20 heavy (non-hydrogen) atoms. The number of likely N-dealkylation sites (tertiary alicyclic amines) is 1. The lowest BCUT2D eigenvalue weighted by Crippen LogP contribution is -2.36. The van der Waals surface area contributed by atoms with Crippen LogP contribution in [0.15, 0.2) is 24.4 Å². The fraction of sp³-hybridized carbons (Fsp3) is 0.438. The molecular formula is C16H19ClN2O. The van der Waals surface area contributed by atoms with Gasteiger partial charge in [0.15, 0.2) is 0 Å².